The second-order valence-corrected chi connectivity index (χ2v) is 4.77. The lowest BCUT2D eigenvalue weighted by Gasteiger charge is -2.11. The average molecular weight is 280 g/mol. The molecule has 2 rings (SSSR count). The molecule has 1 aromatic heterocycles. The summed E-state index contributed by atoms with van der Waals surface area (Å²) in [6.07, 6.45) is 2.90. The smallest absolute Gasteiger partial charge is 0.223 e. The van der Waals surface area contributed by atoms with Crippen LogP contribution in [0.15, 0.2) is 28.9 Å². The Bertz CT molecular complexity index is 499. The van der Waals surface area contributed by atoms with Gasteiger partial charge in [0.15, 0.2) is 0 Å². The molecule has 16 heavy (non-hydrogen) atoms. The van der Waals surface area contributed by atoms with Gasteiger partial charge in [0.2, 0.25) is 5.95 Å². The number of aromatic nitrogens is 2. The van der Waals surface area contributed by atoms with E-state index >= 15 is 0 Å². The minimum Gasteiger partial charge on any atom is -0.352 e. The van der Waals surface area contributed by atoms with E-state index < -0.39 is 0 Å². The molecule has 0 unspecified atom stereocenters. The molecule has 0 aliphatic rings. The molecule has 1 atom stereocenters. The minimum atomic E-state index is 0.396. The molecule has 0 fully saturated rings. The van der Waals surface area contributed by atoms with Gasteiger partial charge in [0, 0.05) is 22.1 Å². The van der Waals surface area contributed by atoms with E-state index in [9.17, 15) is 0 Å². The normalized spacial score (nSPS) is 12.7. The van der Waals surface area contributed by atoms with E-state index in [0.717, 1.165) is 21.8 Å². The number of nitrogens with zero attached hydrogens (tertiary/aromatic N) is 2. The van der Waals surface area contributed by atoms with Crippen molar-refractivity contribution in [1.29, 1.82) is 0 Å². The van der Waals surface area contributed by atoms with Crippen LogP contribution in [0, 0.1) is 0 Å². The van der Waals surface area contributed by atoms with Crippen molar-refractivity contribution in [2.45, 2.75) is 26.3 Å². The Morgan fingerprint density at radius 1 is 1.44 bits per heavy atom. The third-order valence-electron chi connectivity index (χ3n) is 2.53. The number of halogens is 1. The standard InChI is InChI=1S/C12H14BrN3/c1-3-8(2)15-12-14-7-9-6-10(13)4-5-11(9)16-12/h4-8H,3H2,1-2H3,(H,14,15,16)/t8-/m0/s1. The molecule has 84 valence electrons. The fourth-order valence-corrected chi connectivity index (χ4v) is 1.78. The molecule has 1 N–H and O–H groups in total. The van der Waals surface area contributed by atoms with Gasteiger partial charge in [0.25, 0.3) is 0 Å². The monoisotopic (exact) mass is 279 g/mol. The van der Waals surface area contributed by atoms with Gasteiger partial charge in [-0.15, -0.1) is 0 Å². The fraction of sp³-hybridized carbons (Fsp3) is 0.333. The summed E-state index contributed by atoms with van der Waals surface area (Å²) in [7, 11) is 0. The zero-order valence-electron chi connectivity index (χ0n) is 9.37. The van der Waals surface area contributed by atoms with E-state index in [0.29, 0.717) is 12.0 Å². The zero-order chi connectivity index (χ0) is 11.5. The quantitative estimate of drug-likeness (QED) is 0.933. The first kappa shape index (κ1) is 11.3. The maximum Gasteiger partial charge on any atom is 0.223 e. The SMILES string of the molecule is CC[C@H](C)Nc1ncc2cc(Br)ccc2n1. The van der Waals surface area contributed by atoms with Crippen molar-refractivity contribution in [3.63, 3.8) is 0 Å². The van der Waals surface area contributed by atoms with Gasteiger partial charge in [-0.1, -0.05) is 22.9 Å². The van der Waals surface area contributed by atoms with Gasteiger partial charge >= 0.3 is 0 Å². The number of benzene rings is 1. The predicted molar refractivity (Wildman–Crippen MR) is 70.6 cm³/mol. The van der Waals surface area contributed by atoms with Gasteiger partial charge in [0.05, 0.1) is 5.52 Å². The van der Waals surface area contributed by atoms with E-state index in [2.05, 4.69) is 45.1 Å². The highest BCUT2D eigenvalue weighted by Crippen LogP contribution is 2.18. The third kappa shape index (κ3) is 2.50. The van der Waals surface area contributed by atoms with Crippen LogP contribution in [-0.2, 0) is 0 Å². The van der Waals surface area contributed by atoms with Gasteiger partial charge in [-0.05, 0) is 31.5 Å². The molecular weight excluding hydrogens is 266 g/mol. The molecule has 1 heterocycles. The van der Waals surface area contributed by atoms with E-state index in [1.165, 1.54) is 0 Å². The number of hydrogen-bond acceptors (Lipinski definition) is 3. The van der Waals surface area contributed by atoms with Crippen molar-refractivity contribution in [2.75, 3.05) is 5.32 Å². The number of nitrogens with one attached hydrogen (secondary N) is 1. The maximum absolute atomic E-state index is 4.46. The molecule has 0 saturated carbocycles. The summed E-state index contributed by atoms with van der Waals surface area (Å²) in [5, 5.41) is 4.31. The van der Waals surface area contributed by atoms with Crippen LogP contribution in [0.3, 0.4) is 0 Å². The molecule has 0 spiro atoms. The summed E-state index contributed by atoms with van der Waals surface area (Å²) in [6, 6.07) is 6.39. The topological polar surface area (TPSA) is 37.8 Å². The van der Waals surface area contributed by atoms with Gasteiger partial charge in [-0.25, -0.2) is 9.97 Å². The van der Waals surface area contributed by atoms with Crippen LogP contribution >= 0.6 is 15.9 Å². The first-order valence-electron chi connectivity index (χ1n) is 5.38. The summed E-state index contributed by atoms with van der Waals surface area (Å²) in [6.45, 7) is 4.25. The lowest BCUT2D eigenvalue weighted by molar-refractivity contribution is 0.754. The van der Waals surface area contributed by atoms with Gasteiger partial charge < -0.3 is 5.32 Å². The molecule has 0 radical (unpaired) electrons. The summed E-state index contributed by atoms with van der Waals surface area (Å²) in [4.78, 5) is 8.75. The Kier molecular flexibility index (Phi) is 3.39. The predicted octanol–water partition coefficient (Wildman–Crippen LogP) is 3.60. The van der Waals surface area contributed by atoms with Gasteiger partial charge in [0.1, 0.15) is 0 Å². The highest BCUT2D eigenvalue weighted by molar-refractivity contribution is 9.10. The molecule has 0 aliphatic heterocycles. The average Bonchev–Trinajstić information content (AvgIpc) is 2.29. The van der Waals surface area contributed by atoms with Crippen molar-refractivity contribution in [2.24, 2.45) is 0 Å². The Balaban J connectivity index is 2.33. The van der Waals surface area contributed by atoms with Crippen LogP contribution < -0.4 is 5.32 Å². The zero-order valence-corrected chi connectivity index (χ0v) is 11.0. The van der Waals surface area contributed by atoms with Gasteiger partial charge in [-0.3, -0.25) is 0 Å². The van der Waals surface area contributed by atoms with Crippen LogP contribution in [0.5, 0.6) is 0 Å². The maximum atomic E-state index is 4.46. The molecule has 0 aliphatic carbocycles. The van der Waals surface area contributed by atoms with Crippen LogP contribution in [0.2, 0.25) is 0 Å². The van der Waals surface area contributed by atoms with Crippen molar-refractivity contribution >= 4 is 32.8 Å². The van der Waals surface area contributed by atoms with E-state index in [1.54, 1.807) is 0 Å². The number of fused-ring (bicyclic) bond motifs is 1. The van der Waals surface area contributed by atoms with Crippen molar-refractivity contribution in [3.05, 3.63) is 28.9 Å². The Hall–Kier alpha value is -1.16. The lowest BCUT2D eigenvalue weighted by Crippen LogP contribution is -2.15. The van der Waals surface area contributed by atoms with Crippen LogP contribution in [-0.4, -0.2) is 16.0 Å². The van der Waals surface area contributed by atoms with E-state index in [-0.39, 0.29) is 0 Å². The highest BCUT2D eigenvalue weighted by atomic mass is 79.9. The molecule has 0 bridgehead atoms. The Morgan fingerprint density at radius 2 is 2.25 bits per heavy atom. The number of rotatable bonds is 3. The lowest BCUT2D eigenvalue weighted by atomic mass is 10.2. The molecule has 4 heteroatoms. The Morgan fingerprint density at radius 3 is 3.00 bits per heavy atom. The number of anilines is 1. The molecule has 0 saturated heterocycles. The second-order valence-electron chi connectivity index (χ2n) is 3.85. The third-order valence-corrected chi connectivity index (χ3v) is 3.02. The van der Waals surface area contributed by atoms with Crippen LogP contribution in [0.4, 0.5) is 5.95 Å². The summed E-state index contributed by atoms with van der Waals surface area (Å²) >= 11 is 3.43. The molecular formula is C12H14BrN3. The molecule has 1 aromatic carbocycles. The van der Waals surface area contributed by atoms with Gasteiger partial charge in [-0.2, -0.15) is 0 Å². The van der Waals surface area contributed by atoms with Crippen molar-refractivity contribution < 1.29 is 0 Å². The largest absolute Gasteiger partial charge is 0.352 e. The first-order valence-corrected chi connectivity index (χ1v) is 6.17. The van der Waals surface area contributed by atoms with Crippen LogP contribution in [0.25, 0.3) is 10.9 Å². The summed E-state index contributed by atoms with van der Waals surface area (Å²) in [5.74, 6) is 0.698. The second kappa shape index (κ2) is 4.78. The summed E-state index contributed by atoms with van der Waals surface area (Å²) < 4.78 is 1.05. The van der Waals surface area contributed by atoms with E-state index in [1.807, 2.05) is 24.4 Å². The van der Waals surface area contributed by atoms with Crippen LogP contribution in [0.1, 0.15) is 20.3 Å². The minimum absolute atomic E-state index is 0.396. The van der Waals surface area contributed by atoms with Crippen molar-refractivity contribution in [1.82, 2.24) is 9.97 Å². The first-order chi connectivity index (χ1) is 7.69. The Labute approximate surface area is 103 Å². The molecule has 2 aromatic rings. The summed E-state index contributed by atoms with van der Waals surface area (Å²) in [5.41, 5.74) is 0.962. The highest BCUT2D eigenvalue weighted by Gasteiger charge is 2.03. The van der Waals surface area contributed by atoms with Crippen molar-refractivity contribution in [3.8, 4) is 0 Å². The molecule has 3 nitrogen and oxygen atoms in total. The van der Waals surface area contributed by atoms with E-state index in [4.69, 9.17) is 0 Å². The molecule has 0 amide bonds. The number of hydrogen-bond donors (Lipinski definition) is 1. The fourth-order valence-electron chi connectivity index (χ4n) is 1.40.